The summed E-state index contributed by atoms with van der Waals surface area (Å²) in [6, 6.07) is 0. The summed E-state index contributed by atoms with van der Waals surface area (Å²) in [5.41, 5.74) is 0.609. The van der Waals surface area contributed by atoms with Crippen LogP contribution in [-0.4, -0.2) is 13.1 Å². The second-order valence-corrected chi connectivity index (χ2v) is 1.67. The molecule has 0 aliphatic rings. The monoisotopic (exact) mass is 132 g/mol. The molecule has 0 aromatic rings. The van der Waals surface area contributed by atoms with Gasteiger partial charge in [-0.2, -0.15) is 0 Å². The number of hydrogen-bond acceptors (Lipinski definition) is 2. The molecule has 46 valence electrons. The maximum atomic E-state index is 10.4. The van der Waals surface area contributed by atoms with Crippen LogP contribution in [0.4, 0.5) is 0 Å². The smallest absolute Gasteiger partial charge is 0.333 e. The van der Waals surface area contributed by atoms with Crippen LogP contribution in [0.5, 0.6) is 0 Å². The Morgan fingerprint density at radius 2 is 2.25 bits per heavy atom. The minimum Gasteiger partial charge on any atom is -0.466 e. The fourth-order valence-electron chi connectivity index (χ4n) is 0.229. The zero-order chi connectivity index (χ0) is 6.57. The first kappa shape index (κ1) is 7.64. The van der Waals surface area contributed by atoms with E-state index in [4.69, 9.17) is 0 Å². The number of carbonyl (C=O) groups excluding carboxylic acids is 1. The number of methoxy groups -OCH3 is 1. The molecule has 0 aromatic heterocycles. The van der Waals surface area contributed by atoms with Crippen LogP contribution in [0.3, 0.4) is 0 Å². The fraction of sp³-hybridized carbons (Fsp3) is 0.400. The van der Waals surface area contributed by atoms with Gasteiger partial charge in [0.25, 0.3) is 0 Å². The highest BCUT2D eigenvalue weighted by molar-refractivity contribution is 7.20. The van der Waals surface area contributed by atoms with Gasteiger partial charge < -0.3 is 4.74 Å². The number of ether oxygens (including phenoxy) is 1. The quantitative estimate of drug-likeness (QED) is 0.301. The summed E-state index contributed by atoms with van der Waals surface area (Å²) in [6.45, 7) is 1.69. The Kier molecular flexibility index (Phi) is 3.46. The van der Waals surface area contributed by atoms with Crippen molar-refractivity contribution in [3.05, 3.63) is 11.4 Å². The van der Waals surface area contributed by atoms with Gasteiger partial charge in [-0.25, -0.2) is 4.79 Å². The molecule has 2 nitrogen and oxygen atoms in total. The van der Waals surface area contributed by atoms with E-state index in [1.165, 1.54) is 7.11 Å². The number of esters is 1. The van der Waals surface area contributed by atoms with E-state index < -0.39 is 0 Å². The summed E-state index contributed by atoms with van der Waals surface area (Å²) in [5, 5.41) is 0. The highest BCUT2D eigenvalue weighted by Crippen LogP contribution is 1.98. The molecule has 1 atom stereocenters. The highest BCUT2D eigenvalue weighted by atomic mass is 31.0. The lowest BCUT2D eigenvalue weighted by molar-refractivity contribution is -0.136. The lowest BCUT2D eigenvalue weighted by Gasteiger charge is -1.93. The van der Waals surface area contributed by atoms with Gasteiger partial charge in [-0.3, -0.25) is 0 Å². The van der Waals surface area contributed by atoms with Gasteiger partial charge in [-0.1, -0.05) is 5.82 Å². The number of rotatable bonds is 1. The molecule has 0 spiro atoms. The van der Waals surface area contributed by atoms with Crippen molar-refractivity contribution in [1.82, 2.24) is 0 Å². The molecule has 0 aliphatic carbocycles. The van der Waals surface area contributed by atoms with Crippen LogP contribution in [0, 0.1) is 0 Å². The third kappa shape index (κ3) is 2.08. The van der Waals surface area contributed by atoms with Gasteiger partial charge >= 0.3 is 5.97 Å². The molecule has 0 N–H and O–H groups in total. The van der Waals surface area contributed by atoms with Crippen LogP contribution in [0.25, 0.3) is 0 Å². The van der Waals surface area contributed by atoms with Gasteiger partial charge in [-0.15, -0.1) is 9.24 Å². The Morgan fingerprint density at radius 1 is 1.75 bits per heavy atom. The molecule has 1 unspecified atom stereocenters. The topological polar surface area (TPSA) is 26.3 Å². The number of hydrogen-bond donors (Lipinski definition) is 0. The van der Waals surface area contributed by atoms with Crippen LogP contribution >= 0.6 is 9.24 Å². The molecule has 8 heavy (non-hydrogen) atoms. The first-order chi connectivity index (χ1) is 3.72. The van der Waals surface area contributed by atoms with Crippen LogP contribution in [0.2, 0.25) is 0 Å². The van der Waals surface area contributed by atoms with Crippen molar-refractivity contribution in [2.75, 3.05) is 7.11 Å². The van der Waals surface area contributed by atoms with E-state index in [-0.39, 0.29) is 5.97 Å². The van der Waals surface area contributed by atoms with E-state index in [2.05, 4.69) is 14.0 Å². The Morgan fingerprint density at radius 3 is 2.38 bits per heavy atom. The molecule has 0 fully saturated rings. The molecule has 0 aliphatic heterocycles. The highest BCUT2D eigenvalue weighted by Gasteiger charge is 1.98. The lowest BCUT2D eigenvalue weighted by Crippen LogP contribution is -1.99. The van der Waals surface area contributed by atoms with Gasteiger partial charge in [0.2, 0.25) is 0 Å². The van der Waals surface area contributed by atoms with Gasteiger partial charge in [0.1, 0.15) is 0 Å². The molecule has 0 aromatic carbocycles. The normalized spacial score (nSPS) is 11.1. The molecule has 0 heterocycles. The molecule has 0 amide bonds. The molecular weight excluding hydrogens is 123 g/mol. The van der Waals surface area contributed by atoms with Crippen molar-refractivity contribution in [1.29, 1.82) is 0 Å². The molecule has 0 bridgehead atoms. The summed E-state index contributed by atoms with van der Waals surface area (Å²) >= 11 is 0. The van der Waals surface area contributed by atoms with E-state index in [1.807, 2.05) is 0 Å². The van der Waals surface area contributed by atoms with E-state index in [0.717, 1.165) is 0 Å². The third-order valence-electron chi connectivity index (χ3n) is 0.757. The lowest BCUT2D eigenvalue weighted by atomic mass is 10.4. The van der Waals surface area contributed by atoms with E-state index in [0.29, 0.717) is 5.57 Å². The zero-order valence-electron chi connectivity index (χ0n) is 4.97. The standard InChI is InChI=1S/C5H9O2P/c1-4(3-8)5(6)7-2/h3H,8H2,1-2H3/b4-3+. The fourth-order valence-corrected chi connectivity index (χ4v) is 0.365. The van der Waals surface area contributed by atoms with E-state index >= 15 is 0 Å². The largest absolute Gasteiger partial charge is 0.466 e. The number of carbonyl (C=O) groups is 1. The second kappa shape index (κ2) is 3.62. The summed E-state index contributed by atoms with van der Waals surface area (Å²) in [7, 11) is 3.69. The van der Waals surface area contributed by atoms with Crippen molar-refractivity contribution >= 4 is 15.2 Å². The first-order valence-corrected chi connectivity index (χ1v) is 2.86. The molecule has 0 saturated heterocycles. The molecule has 0 rings (SSSR count). The zero-order valence-corrected chi connectivity index (χ0v) is 6.13. The predicted molar refractivity (Wildman–Crippen MR) is 35.5 cm³/mol. The van der Waals surface area contributed by atoms with Crippen LogP contribution < -0.4 is 0 Å². The molecule has 0 radical (unpaired) electrons. The van der Waals surface area contributed by atoms with Gasteiger partial charge in [0.15, 0.2) is 0 Å². The van der Waals surface area contributed by atoms with Gasteiger partial charge in [-0.05, 0) is 6.92 Å². The minimum absolute atomic E-state index is 0.278. The molecule has 0 saturated carbocycles. The summed E-state index contributed by atoms with van der Waals surface area (Å²) in [5.74, 6) is 1.35. The maximum absolute atomic E-state index is 10.4. The maximum Gasteiger partial charge on any atom is 0.333 e. The third-order valence-corrected chi connectivity index (χ3v) is 1.26. The minimum atomic E-state index is -0.278. The van der Waals surface area contributed by atoms with Crippen LogP contribution in [0.1, 0.15) is 6.92 Å². The van der Waals surface area contributed by atoms with Crippen LogP contribution in [0.15, 0.2) is 11.4 Å². The average Bonchev–Trinajstić information content (AvgIpc) is 1.84. The summed E-state index contributed by atoms with van der Waals surface area (Å²) < 4.78 is 4.38. The molecular formula is C5H9O2P. The van der Waals surface area contributed by atoms with Crippen molar-refractivity contribution < 1.29 is 9.53 Å². The van der Waals surface area contributed by atoms with Crippen LogP contribution in [-0.2, 0) is 9.53 Å². The van der Waals surface area contributed by atoms with Crippen molar-refractivity contribution in [2.24, 2.45) is 0 Å². The Hall–Kier alpha value is -0.360. The predicted octanol–water partition coefficient (Wildman–Crippen LogP) is 0.938. The van der Waals surface area contributed by atoms with Gasteiger partial charge in [0, 0.05) is 5.57 Å². The van der Waals surface area contributed by atoms with Crippen molar-refractivity contribution in [2.45, 2.75) is 6.92 Å². The Labute approximate surface area is 51.1 Å². The Bertz CT molecular complexity index is 118. The Balaban J connectivity index is 3.83. The first-order valence-electron chi connectivity index (χ1n) is 2.19. The summed E-state index contributed by atoms with van der Waals surface area (Å²) in [6.07, 6.45) is 0. The van der Waals surface area contributed by atoms with Crippen molar-refractivity contribution in [3.8, 4) is 0 Å². The van der Waals surface area contributed by atoms with Crippen molar-refractivity contribution in [3.63, 3.8) is 0 Å². The SMILES string of the molecule is COC(=O)/C(C)=C/P. The average molecular weight is 132 g/mol. The second-order valence-electron chi connectivity index (χ2n) is 1.34. The van der Waals surface area contributed by atoms with E-state index in [1.54, 1.807) is 12.7 Å². The van der Waals surface area contributed by atoms with E-state index in [9.17, 15) is 4.79 Å². The summed E-state index contributed by atoms with van der Waals surface area (Å²) in [4.78, 5) is 10.4. The van der Waals surface area contributed by atoms with Gasteiger partial charge in [0.05, 0.1) is 7.11 Å². The molecule has 3 heteroatoms.